The van der Waals surface area contributed by atoms with E-state index < -0.39 is 8.32 Å². The minimum Gasteiger partial charge on any atom is -0.414 e. The fraction of sp³-hybridized carbons (Fsp3) is 1.00. The molecule has 0 aliphatic rings. The lowest BCUT2D eigenvalue weighted by molar-refractivity contribution is 0.195. The highest BCUT2D eigenvalue weighted by Gasteiger charge is 2.38. The van der Waals surface area contributed by atoms with E-state index in [1.54, 1.807) is 0 Å². The molecule has 0 aliphatic carbocycles. The largest absolute Gasteiger partial charge is 0.468 e. The van der Waals surface area contributed by atoms with Crippen LogP contribution in [-0.2, 0) is 4.43 Å². The number of halogens is 1. The van der Waals surface area contributed by atoms with Gasteiger partial charge in [-0.1, -0.05) is 20.8 Å². The van der Waals surface area contributed by atoms with E-state index in [-0.39, 0.29) is 18.2 Å². The van der Waals surface area contributed by atoms with Gasteiger partial charge < -0.3 is 17.3 Å². The standard InChI is InChI=1S/C10H23OSi.BrH.Mg/c1-8-9(2)11-12(6,7)10(3,4)5;;/h9H,1,8H2,2-7H3;1H;/q;;+1/p-1. The second-order valence-electron chi connectivity index (χ2n) is 5.52. The summed E-state index contributed by atoms with van der Waals surface area (Å²) in [5.74, 6) is 0. The predicted molar refractivity (Wildman–Crippen MR) is 71.8 cm³/mol. The maximum atomic E-state index is 6.24. The van der Waals surface area contributed by atoms with Crippen LogP contribution in [0.2, 0.25) is 22.7 Å². The molecule has 1 nitrogen and oxygen atoms in total. The number of rotatable bonds is 5. The molecule has 0 aromatic carbocycles. The molecule has 0 radical (unpaired) electrons. The van der Waals surface area contributed by atoms with Crippen LogP contribution >= 0.6 is 12.9 Å². The van der Waals surface area contributed by atoms with Crippen LogP contribution in [0.1, 0.15) is 34.1 Å². The summed E-state index contributed by atoms with van der Waals surface area (Å²) in [6, 6.07) is 0. The average molecular weight is 292 g/mol. The summed E-state index contributed by atoms with van der Waals surface area (Å²) in [6.07, 6.45) is 1.67. The van der Waals surface area contributed by atoms with Gasteiger partial charge in [-0.05, 0) is 31.5 Å². The zero-order chi connectivity index (χ0) is 11.4. The molecule has 0 fully saturated rings. The number of hydrogen-bond acceptors (Lipinski definition) is 1. The van der Waals surface area contributed by atoms with E-state index in [9.17, 15) is 0 Å². The normalized spacial score (nSPS) is 15.1. The Kier molecular flexibility index (Phi) is 6.86. The van der Waals surface area contributed by atoms with E-state index in [0.717, 1.165) is 0 Å². The highest BCUT2D eigenvalue weighted by atomic mass is 79.9. The van der Waals surface area contributed by atoms with Crippen LogP contribution in [0, 0.1) is 0 Å². The van der Waals surface area contributed by atoms with Crippen molar-refractivity contribution in [2.45, 2.75) is 62.9 Å². The van der Waals surface area contributed by atoms with E-state index in [0.29, 0.717) is 11.1 Å². The van der Waals surface area contributed by atoms with Crippen molar-refractivity contribution in [1.29, 1.82) is 0 Å². The van der Waals surface area contributed by atoms with E-state index in [1.165, 1.54) is 11.0 Å². The first-order chi connectivity index (χ1) is 6.20. The molecule has 0 aromatic heterocycles. The van der Waals surface area contributed by atoms with Gasteiger partial charge in [-0.2, -0.15) is 0 Å². The smallest absolute Gasteiger partial charge is 0.414 e. The molecule has 0 N–H and O–H groups in total. The van der Waals surface area contributed by atoms with Crippen LogP contribution in [0.25, 0.3) is 0 Å². The second-order valence-corrected chi connectivity index (χ2v) is 13.7. The third kappa shape index (κ3) is 5.49. The zero-order valence-corrected chi connectivity index (χ0v) is 14.5. The molecule has 82 valence electrons. The van der Waals surface area contributed by atoms with E-state index in [4.69, 9.17) is 4.43 Å². The maximum Gasteiger partial charge on any atom is 0.468 e. The minimum atomic E-state index is -1.52. The summed E-state index contributed by atoms with van der Waals surface area (Å²) < 4.78 is 7.59. The quantitative estimate of drug-likeness (QED) is 0.689. The van der Waals surface area contributed by atoms with E-state index in [2.05, 4.69) is 53.7 Å². The van der Waals surface area contributed by atoms with Crippen molar-refractivity contribution in [3.05, 3.63) is 0 Å². The Hall–Kier alpha value is 1.42. The summed E-state index contributed by atoms with van der Waals surface area (Å²) in [5.41, 5.74) is 0. The van der Waals surface area contributed by atoms with Crippen LogP contribution in [-0.4, -0.2) is 32.6 Å². The van der Waals surface area contributed by atoms with E-state index in [1.807, 2.05) is 0 Å². The van der Waals surface area contributed by atoms with Gasteiger partial charge in [-0.15, -0.1) is 4.55 Å². The zero-order valence-electron chi connectivity index (χ0n) is 10.5. The summed E-state index contributed by atoms with van der Waals surface area (Å²) in [4.78, 5) is 0. The van der Waals surface area contributed by atoms with Crippen molar-refractivity contribution >= 4 is 39.4 Å². The highest BCUT2D eigenvalue weighted by Crippen LogP contribution is 2.37. The van der Waals surface area contributed by atoms with Gasteiger partial charge in [0, 0.05) is 6.10 Å². The predicted octanol–water partition coefficient (Wildman–Crippen LogP) is 4.22. The van der Waals surface area contributed by atoms with Crippen LogP contribution in [0.4, 0.5) is 0 Å². The molecule has 1 unspecified atom stereocenters. The summed E-state index contributed by atoms with van der Waals surface area (Å²) >= 11 is 3.62. The Labute approximate surface area is 106 Å². The molecule has 0 rings (SSSR count). The molecular formula is C10H23BrMgOSi. The molecule has 4 heteroatoms. The number of hydrogen-bond donors (Lipinski definition) is 0. The third-order valence-corrected chi connectivity index (χ3v) is 10.0. The molecule has 0 amide bonds. The van der Waals surface area contributed by atoms with Gasteiger partial charge >= 0.3 is 18.2 Å². The first-order valence-electron chi connectivity index (χ1n) is 5.44. The molecule has 0 saturated carbocycles. The summed E-state index contributed by atoms with van der Waals surface area (Å²) in [5, 5.41) is 0.340. The van der Waals surface area contributed by atoms with Crippen LogP contribution in [0.5, 0.6) is 0 Å². The first kappa shape index (κ1) is 15.4. The van der Waals surface area contributed by atoms with Gasteiger partial charge in [0.05, 0.1) is 0 Å². The second kappa shape index (κ2) is 6.23. The fourth-order valence-corrected chi connectivity index (χ4v) is 4.28. The van der Waals surface area contributed by atoms with Crippen LogP contribution in [0.3, 0.4) is 0 Å². The molecule has 0 saturated heterocycles. The van der Waals surface area contributed by atoms with Crippen molar-refractivity contribution in [2.75, 3.05) is 0 Å². The van der Waals surface area contributed by atoms with Crippen molar-refractivity contribution in [2.24, 2.45) is 0 Å². The van der Waals surface area contributed by atoms with Crippen molar-refractivity contribution in [3.8, 4) is 0 Å². The molecule has 0 aliphatic heterocycles. The molecular weight excluding hydrogens is 268 g/mol. The van der Waals surface area contributed by atoms with Gasteiger partial charge in [0.15, 0.2) is 8.32 Å². The lowest BCUT2D eigenvalue weighted by Gasteiger charge is -2.38. The van der Waals surface area contributed by atoms with Gasteiger partial charge in [0.2, 0.25) is 0 Å². The first-order valence-corrected chi connectivity index (χ1v) is 13.2. The monoisotopic (exact) mass is 290 g/mol. The van der Waals surface area contributed by atoms with E-state index >= 15 is 0 Å². The van der Waals surface area contributed by atoms with Gasteiger partial charge in [0.1, 0.15) is 0 Å². The van der Waals surface area contributed by atoms with Crippen LogP contribution in [0.15, 0.2) is 0 Å². The summed E-state index contributed by atoms with van der Waals surface area (Å²) in [7, 11) is -1.52. The molecule has 0 spiro atoms. The topological polar surface area (TPSA) is 9.23 Å². The Morgan fingerprint density at radius 1 is 1.36 bits per heavy atom. The SMILES string of the molecule is CC(C[CH2][Mg][Br])O[Si](C)(C)C(C)(C)C. The minimum absolute atomic E-state index is 0.0318. The Morgan fingerprint density at radius 2 is 1.86 bits per heavy atom. The molecule has 0 aromatic rings. The summed E-state index contributed by atoms with van der Waals surface area (Å²) in [6.45, 7) is 13.8. The van der Waals surface area contributed by atoms with Crippen molar-refractivity contribution in [1.82, 2.24) is 0 Å². The lowest BCUT2D eigenvalue weighted by atomic mass is 10.2. The molecule has 0 bridgehead atoms. The van der Waals surface area contributed by atoms with Crippen LogP contribution < -0.4 is 0 Å². The molecule has 14 heavy (non-hydrogen) atoms. The average Bonchev–Trinajstić information content (AvgIpc) is 1.97. The van der Waals surface area contributed by atoms with Crippen molar-refractivity contribution in [3.63, 3.8) is 0 Å². The van der Waals surface area contributed by atoms with Gasteiger partial charge in [-0.25, -0.2) is 0 Å². The Balaban J connectivity index is 4.08. The van der Waals surface area contributed by atoms with Crippen molar-refractivity contribution < 1.29 is 4.43 Å². The fourth-order valence-electron chi connectivity index (χ4n) is 1.10. The molecule has 0 heterocycles. The lowest BCUT2D eigenvalue weighted by Crippen LogP contribution is -2.43. The van der Waals surface area contributed by atoms with Gasteiger partial charge in [-0.3, -0.25) is 0 Å². The Bertz CT molecular complexity index is 168. The highest BCUT2D eigenvalue weighted by molar-refractivity contribution is 9.23. The third-order valence-electron chi connectivity index (χ3n) is 3.05. The maximum absolute atomic E-state index is 6.24. The Morgan fingerprint density at radius 3 is 2.21 bits per heavy atom. The van der Waals surface area contributed by atoms with Gasteiger partial charge in [0.25, 0.3) is 0 Å². The molecule has 1 atom stereocenters.